The number of amides is 4. The summed E-state index contributed by atoms with van der Waals surface area (Å²) in [5.74, 6) is -0.390. The Morgan fingerprint density at radius 2 is 1.47 bits per heavy atom. The minimum atomic E-state index is -0.231. The van der Waals surface area contributed by atoms with E-state index in [0.717, 1.165) is 42.4 Å². The molecule has 2 aliphatic rings. The van der Waals surface area contributed by atoms with Gasteiger partial charge in [0, 0.05) is 29.7 Å². The Kier molecular flexibility index (Phi) is 8.08. The molecule has 6 nitrogen and oxygen atoms in total. The molecule has 2 fully saturated rings. The highest BCUT2D eigenvalue weighted by Crippen LogP contribution is 2.36. The van der Waals surface area contributed by atoms with E-state index in [9.17, 15) is 14.4 Å². The first-order valence-corrected chi connectivity index (χ1v) is 13.6. The van der Waals surface area contributed by atoms with Crippen molar-refractivity contribution < 1.29 is 14.4 Å². The predicted molar refractivity (Wildman–Crippen MR) is 148 cm³/mol. The number of fused-ring (bicyclic) bond motifs is 1. The number of halogens is 1. The molecule has 2 atom stereocenters. The van der Waals surface area contributed by atoms with Crippen LogP contribution in [0.4, 0.5) is 4.79 Å². The van der Waals surface area contributed by atoms with Crippen LogP contribution in [0.25, 0.3) is 0 Å². The van der Waals surface area contributed by atoms with Crippen LogP contribution in [0.15, 0.2) is 78.9 Å². The van der Waals surface area contributed by atoms with E-state index in [-0.39, 0.29) is 36.3 Å². The van der Waals surface area contributed by atoms with Crippen molar-refractivity contribution in [3.8, 4) is 0 Å². The normalized spacial score (nSPS) is 19.3. The number of hydrogen-bond acceptors (Lipinski definition) is 3. The lowest BCUT2D eigenvalue weighted by Gasteiger charge is -2.47. The van der Waals surface area contributed by atoms with E-state index in [1.54, 1.807) is 12.1 Å². The lowest BCUT2D eigenvalue weighted by Crippen LogP contribution is -2.61. The topological polar surface area (TPSA) is 69.7 Å². The van der Waals surface area contributed by atoms with E-state index in [0.29, 0.717) is 30.1 Å². The average molecular weight is 530 g/mol. The Bertz CT molecular complexity index is 1280. The van der Waals surface area contributed by atoms with Crippen molar-refractivity contribution >= 4 is 29.4 Å². The van der Waals surface area contributed by atoms with Crippen LogP contribution in [0, 0.1) is 5.92 Å². The van der Waals surface area contributed by atoms with Gasteiger partial charge in [0.2, 0.25) is 5.91 Å². The molecule has 5 rings (SSSR count). The molecule has 3 aromatic carbocycles. The van der Waals surface area contributed by atoms with Crippen LogP contribution in [0.5, 0.6) is 0 Å². The van der Waals surface area contributed by atoms with Crippen LogP contribution in [0.1, 0.15) is 52.7 Å². The number of nitrogens with zero attached hydrogens (tertiary/aromatic N) is 2. The number of carbonyl (C=O) groups excluding carboxylic acids is 3. The van der Waals surface area contributed by atoms with E-state index in [2.05, 4.69) is 5.32 Å². The van der Waals surface area contributed by atoms with Gasteiger partial charge in [-0.3, -0.25) is 14.5 Å². The van der Waals surface area contributed by atoms with Gasteiger partial charge in [-0.2, -0.15) is 0 Å². The number of imide groups is 1. The maximum absolute atomic E-state index is 13.6. The number of urea groups is 1. The van der Waals surface area contributed by atoms with Gasteiger partial charge in [0.05, 0.1) is 12.5 Å². The van der Waals surface area contributed by atoms with E-state index >= 15 is 0 Å². The monoisotopic (exact) mass is 529 g/mol. The second-order valence-electron chi connectivity index (χ2n) is 10.1. The first-order valence-electron chi connectivity index (χ1n) is 13.3. The predicted octanol–water partition coefficient (Wildman–Crippen LogP) is 5.84. The molecule has 7 heteroatoms. The number of carbonyl (C=O) groups is 3. The molecule has 0 spiro atoms. The number of hydrogen-bond donors (Lipinski definition) is 1. The molecule has 38 heavy (non-hydrogen) atoms. The van der Waals surface area contributed by atoms with Crippen molar-refractivity contribution in [2.24, 2.45) is 5.92 Å². The molecule has 1 heterocycles. The Labute approximate surface area is 228 Å². The van der Waals surface area contributed by atoms with Crippen LogP contribution in [0.2, 0.25) is 5.02 Å². The highest BCUT2D eigenvalue weighted by molar-refractivity contribution is 6.30. The summed E-state index contributed by atoms with van der Waals surface area (Å²) in [7, 11) is 0. The Balaban J connectivity index is 1.23. The van der Waals surface area contributed by atoms with Gasteiger partial charge in [0.25, 0.3) is 5.91 Å². The summed E-state index contributed by atoms with van der Waals surface area (Å²) in [6.07, 6.45) is 4.44. The molecule has 1 saturated heterocycles. The van der Waals surface area contributed by atoms with Crippen molar-refractivity contribution in [2.45, 2.75) is 51.2 Å². The third-order valence-electron chi connectivity index (χ3n) is 7.55. The number of rotatable bonds is 8. The summed E-state index contributed by atoms with van der Waals surface area (Å²) in [5.41, 5.74) is 3.52. The third kappa shape index (κ3) is 5.91. The second kappa shape index (κ2) is 11.8. The summed E-state index contributed by atoms with van der Waals surface area (Å²) in [4.78, 5) is 42.9. The molecule has 3 aromatic rings. The summed E-state index contributed by atoms with van der Waals surface area (Å²) in [6.45, 7) is 1.21. The summed E-state index contributed by atoms with van der Waals surface area (Å²) >= 11 is 5.92. The molecule has 1 aliphatic carbocycles. The fourth-order valence-electron chi connectivity index (χ4n) is 5.49. The van der Waals surface area contributed by atoms with Gasteiger partial charge in [-0.25, -0.2) is 4.79 Å². The highest BCUT2D eigenvalue weighted by Gasteiger charge is 2.46. The SMILES string of the molecule is O=C(NCCc1ccc(Cl)cc1)c1ccc(CN2C(=O)C3CCCCC3N(Cc3ccccc3)C2=O)cc1. The fourth-order valence-corrected chi connectivity index (χ4v) is 5.62. The van der Waals surface area contributed by atoms with Crippen LogP contribution in [0.3, 0.4) is 0 Å². The van der Waals surface area contributed by atoms with Gasteiger partial charge in [0.15, 0.2) is 0 Å². The summed E-state index contributed by atoms with van der Waals surface area (Å²) < 4.78 is 0. The van der Waals surface area contributed by atoms with E-state index < -0.39 is 0 Å². The van der Waals surface area contributed by atoms with Gasteiger partial charge < -0.3 is 10.2 Å². The van der Waals surface area contributed by atoms with Crippen LogP contribution in [-0.2, 0) is 24.3 Å². The largest absolute Gasteiger partial charge is 0.352 e. The standard InChI is InChI=1S/C31H32ClN3O3/c32-26-16-12-22(13-17-26)18-19-33-29(36)25-14-10-24(11-15-25)21-35-30(37)27-8-4-5-9-28(27)34(31(35)38)20-23-6-2-1-3-7-23/h1-3,6-7,10-17,27-28H,4-5,8-9,18-21H2,(H,33,36). The zero-order valence-electron chi connectivity index (χ0n) is 21.3. The lowest BCUT2D eigenvalue weighted by molar-refractivity contribution is -0.141. The molecule has 1 saturated carbocycles. The lowest BCUT2D eigenvalue weighted by atomic mass is 9.81. The maximum atomic E-state index is 13.6. The van der Waals surface area contributed by atoms with E-state index in [4.69, 9.17) is 11.6 Å². The third-order valence-corrected chi connectivity index (χ3v) is 7.81. The number of nitrogens with one attached hydrogen (secondary N) is 1. The minimum absolute atomic E-state index is 0.0425. The van der Waals surface area contributed by atoms with Gasteiger partial charge in [-0.15, -0.1) is 0 Å². The first kappa shape index (κ1) is 26.0. The molecule has 196 valence electrons. The highest BCUT2D eigenvalue weighted by atomic mass is 35.5. The molecule has 1 N–H and O–H groups in total. The van der Waals surface area contributed by atoms with Crippen molar-refractivity contribution in [3.63, 3.8) is 0 Å². The zero-order valence-corrected chi connectivity index (χ0v) is 22.1. The smallest absolute Gasteiger partial charge is 0.327 e. The van der Waals surface area contributed by atoms with Crippen LogP contribution < -0.4 is 5.32 Å². The molecule has 0 aromatic heterocycles. The Morgan fingerprint density at radius 1 is 0.816 bits per heavy atom. The van der Waals surface area contributed by atoms with Gasteiger partial charge in [0.1, 0.15) is 0 Å². The molecule has 1 aliphatic heterocycles. The quantitative estimate of drug-likeness (QED) is 0.399. The molecule has 0 radical (unpaired) electrons. The molecule has 4 amide bonds. The second-order valence-corrected chi connectivity index (χ2v) is 10.5. The van der Waals surface area contributed by atoms with E-state index in [1.165, 1.54) is 4.90 Å². The van der Waals surface area contributed by atoms with Crippen LogP contribution >= 0.6 is 11.6 Å². The average Bonchev–Trinajstić information content (AvgIpc) is 2.95. The van der Waals surface area contributed by atoms with E-state index in [1.807, 2.05) is 71.6 Å². The number of benzene rings is 3. The molecular formula is C31H32ClN3O3. The van der Waals surface area contributed by atoms with Gasteiger partial charge in [-0.05, 0) is 60.2 Å². The van der Waals surface area contributed by atoms with Crippen molar-refractivity contribution in [1.29, 1.82) is 0 Å². The molecular weight excluding hydrogens is 498 g/mol. The zero-order chi connectivity index (χ0) is 26.5. The molecule has 0 bridgehead atoms. The maximum Gasteiger partial charge on any atom is 0.327 e. The Morgan fingerprint density at radius 3 is 2.21 bits per heavy atom. The van der Waals surface area contributed by atoms with Gasteiger partial charge in [-0.1, -0.05) is 79.0 Å². The first-order chi connectivity index (χ1) is 18.5. The molecule has 2 unspecified atom stereocenters. The minimum Gasteiger partial charge on any atom is -0.352 e. The Hall–Kier alpha value is -3.64. The summed E-state index contributed by atoms with van der Waals surface area (Å²) in [6, 6.07) is 24.4. The van der Waals surface area contributed by atoms with Crippen LogP contribution in [-0.4, -0.2) is 40.2 Å². The van der Waals surface area contributed by atoms with Crippen molar-refractivity contribution in [1.82, 2.24) is 15.1 Å². The summed E-state index contributed by atoms with van der Waals surface area (Å²) in [5, 5.41) is 3.63. The van der Waals surface area contributed by atoms with Gasteiger partial charge >= 0.3 is 6.03 Å². The van der Waals surface area contributed by atoms with Crippen molar-refractivity contribution in [2.75, 3.05) is 6.54 Å². The fraction of sp³-hybridized carbons (Fsp3) is 0.323. The van der Waals surface area contributed by atoms with Crippen molar-refractivity contribution in [3.05, 3.63) is 106 Å².